The van der Waals surface area contributed by atoms with Crippen LogP contribution in [-0.4, -0.2) is 27.8 Å². The Morgan fingerprint density at radius 3 is 2.44 bits per heavy atom. The molecule has 1 aromatic rings. The molecule has 0 radical (unpaired) electrons. The van der Waals surface area contributed by atoms with Crippen molar-refractivity contribution in [2.45, 2.75) is 17.7 Å². The molecule has 0 amide bonds. The Bertz CT molecular complexity index is 532. The summed E-state index contributed by atoms with van der Waals surface area (Å²) in [5.41, 5.74) is -0.308. The lowest BCUT2D eigenvalue weighted by Crippen LogP contribution is -2.28. The number of hydrogen-bond donors (Lipinski definition) is 1. The molecule has 18 heavy (non-hydrogen) atoms. The number of benzene rings is 1. The van der Waals surface area contributed by atoms with Crippen molar-refractivity contribution in [2.24, 2.45) is 0 Å². The van der Waals surface area contributed by atoms with Crippen LogP contribution >= 0.6 is 11.6 Å². The molecular weight excluding hydrogens is 284 g/mol. The lowest BCUT2D eigenvalue weighted by atomic mass is 10.1. The zero-order valence-corrected chi connectivity index (χ0v) is 11.6. The van der Waals surface area contributed by atoms with Gasteiger partial charge in [0.25, 0.3) is 5.92 Å². The van der Waals surface area contributed by atoms with Crippen LogP contribution in [0.4, 0.5) is 8.78 Å². The highest BCUT2D eigenvalue weighted by Gasteiger charge is 2.31. The van der Waals surface area contributed by atoms with Crippen molar-refractivity contribution in [1.82, 2.24) is 5.32 Å². The SMILES string of the molecule is CCS(=O)(=O)c1ccc(C(F)(F)CNC)cc1Cl. The maximum Gasteiger partial charge on any atom is 0.285 e. The standard InChI is InChI=1S/C11H14ClF2NO2S/c1-3-18(16,17)10-5-4-8(6-9(10)12)11(13,14)7-15-2/h4-6,15H,3,7H2,1-2H3. The molecule has 0 fully saturated rings. The lowest BCUT2D eigenvalue weighted by molar-refractivity contribution is -0.00130. The number of alkyl halides is 2. The highest BCUT2D eigenvalue weighted by atomic mass is 35.5. The van der Waals surface area contributed by atoms with E-state index in [-0.39, 0.29) is 21.2 Å². The number of halogens is 3. The Morgan fingerprint density at radius 1 is 1.39 bits per heavy atom. The molecule has 3 nitrogen and oxygen atoms in total. The topological polar surface area (TPSA) is 46.2 Å². The van der Waals surface area contributed by atoms with E-state index in [0.717, 1.165) is 18.2 Å². The van der Waals surface area contributed by atoms with Crippen LogP contribution in [0.1, 0.15) is 12.5 Å². The molecule has 7 heteroatoms. The zero-order chi connectivity index (χ0) is 14.0. The molecule has 1 N–H and O–H groups in total. The van der Waals surface area contributed by atoms with Gasteiger partial charge >= 0.3 is 0 Å². The van der Waals surface area contributed by atoms with Crippen molar-refractivity contribution in [2.75, 3.05) is 19.3 Å². The Kier molecular flexibility index (Phi) is 4.69. The van der Waals surface area contributed by atoms with E-state index in [2.05, 4.69) is 5.32 Å². The predicted molar refractivity (Wildman–Crippen MR) is 67.0 cm³/mol. The van der Waals surface area contributed by atoms with Gasteiger partial charge in [-0.1, -0.05) is 24.6 Å². The van der Waals surface area contributed by atoms with E-state index in [1.807, 2.05) is 0 Å². The van der Waals surface area contributed by atoms with Gasteiger partial charge in [0.05, 0.1) is 22.2 Å². The molecule has 1 aromatic carbocycles. The van der Waals surface area contributed by atoms with Crippen LogP contribution in [0.25, 0.3) is 0 Å². The number of likely N-dealkylation sites (N-methyl/N-ethyl adjacent to an activating group) is 1. The van der Waals surface area contributed by atoms with Crippen LogP contribution in [0.3, 0.4) is 0 Å². The molecule has 0 atom stereocenters. The summed E-state index contributed by atoms with van der Waals surface area (Å²) in [6.07, 6.45) is 0. The third-order valence-electron chi connectivity index (χ3n) is 2.47. The van der Waals surface area contributed by atoms with Crippen molar-refractivity contribution in [3.63, 3.8) is 0 Å². The first-order valence-corrected chi connectivity index (χ1v) is 7.33. The number of nitrogens with one attached hydrogen (secondary N) is 1. The molecule has 0 unspecified atom stereocenters. The van der Waals surface area contributed by atoms with Crippen LogP contribution in [-0.2, 0) is 15.8 Å². The molecule has 0 aliphatic heterocycles. The van der Waals surface area contributed by atoms with E-state index >= 15 is 0 Å². The minimum absolute atomic E-state index is 0.115. The van der Waals surface area contributed by atoms with Crippen LogP contribution in [0.15, 0.2) is 23.1 Å². The van der Waals surface area contributed by atoms with Gasteiger partial charge in [-0.3, -0.25) is 0 Å². The summed E-state index contributed by atoms with van der Waals surface area (Å²) in [4.78, 5) is -0.115. The highest BCUT2D eigenvalue weighted by molar-refractivity contribution is 7.91. The third kappa shape index (κ3) is 3.18. The molecule has 0 spiro atoms. The van der Waals surface area contributed by atoms with Crippen LogP contribution < -0.4 is 5.32 Å². The quantitative estimate of drug-likeness (QED) is 0.908. The fourth-order valence-corrected chi connectivity index (χ4v) is 2.94. The van der Waals surface area contributed by atoms with Crippen molar-refractivity contribution in [1.29, 1.82) is 0 Å². The molecule has 0 aromatic heterocycles. The smallest absolute Gasteiger partial charge is 0.285 e. The van der Waals surface area contributed by atoms with Crippen LogP contribution in [0.2, 0.25) is 5.02 Å². The van der Waals surface area contributed by atoms with E-state index in [9.17, 15) is 17.2 Å². The summed E-state index contributed by atoms with van der Waals surface area (Å²) in [5.74, 6) is -3.22. The molecule has 102 valence electrons. The molecular formula is C11H14ClF2NO2S. The van der Waals surface area contributed by atoms with Crippen molar-refractivity contribution >= 4 is 21.4 Å². The van der Waals surface area contributed by atoms with Crippen molar-refractivity contribution < 1.29 is 17.2 Å². The maximum absolute atomic E-state index is 13.6. The van der Waals surface area contributed by atoms with Gasteiger partial charge in [0.15, 0.2) is 9.84 Å². The van der Waals surface area contributed by atoms with Gasteiger partial charge in [-0.2, -0.15) is 8.78 Å². The number of hydrogen-bond acceptors (Lipinski definition) is 3. The second kappa shape index (κ2) is 5.50. The fraction of sp³-hybridized carbons (Fsp3) is 0.455. The minimum Gasteiger partial charge on any atom is -0.314 e. The summed E-state index contributed by atoms with van der Waals surface area (Å²) < 4.78 is 50.4. The first-order valence-electron chi connectivity index (χ1n) is 5.30. The normalized spacial score (nSPS) is 12.7. The predicted octanol–water partition coefficient (Wildman–Crippen LogP) is 2.44. The van der Waals surface area contributed by atoms with Crippen LogP contribution in [0.5, 0.6) is 0 Å². The van der Waals surface area contributed by atoms with Gasteiger partial charge in [-0.25, -0.2) is 8.42 Å². The minimum atomic E-state index is -3.50. The van der Waals surface area contributed by atoms with Gasteiger partial charge in [-0.15, -0.1) is 0 Å². The summed E-state index contributed by atoms with van der Waals surface area (Å²) in [5, 5.41) is 2.19. The molecule has 0 heterocycles. The van der Waals surface area contributed by atoms with Crippen LogP contribution in [0, 0.1) is 0 Å². The Labute approximate surface area is 110 Å². The number of sulfone groups is 1. The molecule has 0 bridgehead atoms. The Morgan fingerprint density at radius 2 is 2.00 bits per heavy atom. The highest BCUT2D eigenvalue weighted by Crippen LogP contribution is 2.32. The first-order chi connectivity index (χ1) is 8.24. The maximum atomic E-state index is 13.6. The zero-order valence-electron chi connectivity index (χ0n) is 10.0. The van der Waals surface area contributed by atoms with E-state index in [0.29, 0.717) is 0 Å². The largest absolute Gasteiger partial charge is 0.314 e. The summed E-state index contributed by atoms with van der Waals surface area (Å²) in [6.45, 7) is 0.929. The van der Waals surface area contributed by atoms with Crippen molar-refractivity contribution in [3.05, 3.63) is 28.8 Å². The van der Waals surface area contributed by atoms with E-state index in [4.69, 9.17) is 11.6 Å². The van der Waals surface area contributed by atoms with Gasteiger partial charge in [-0.05, 0) is 19.2 Å². The second-order valence-corrected chi connectivity index (χ2v) is 6.44. The van der Waals surface area contributed by atoms with Gasteiger partial charge in [0, 0.05) is 5.56 Å². The lowest BCUT2D eigenvalue weighted by Gasteiger charge is -2.17. The van der Waals surface area contributed by atoms with Gasteiger partial charge < -0.3 is 5.32 Å². The molecule has 0 saturated carbocycles. The van der Waals surface area contributed by atoms with Gasteiger partial charge in [0.2, 0.25) is 0 Å². The average molecular weight is 298 g/mol. The summed E-state index contributed by atoms with van der Waals surface area (Å²) >= 11 is 5.77. The second-order valence-electron chi connectivity index (χ2n) is 3.78. The summed E-state index contributed by atoms with van der Waals surface area (Å²) in [6, 6.07) is 3.22. The number of rotatable bonds is 5. The van der Waals surface area contributed by atoms with Gasteiger partial charge in [0.1, 0.15) is 0 Å². The monoisotopic (exact) mass is 297 g/mol. The molecule has 1 rings (SSSR count). The molecule has 0 saturated heterocycles. The first kappa shape index (κ1) is 15.3. The van der Waals surface area contributed by atoms with E-state index in [1.54, 1.807) is 0 Å². The van der Waals surface area contributed by atoms with E-state index < -0.39 is 22.3 Å². The average Bonchev–Trinajstić information content (AvgIpc) is 2.28. The third-order valence-corrected chi connectivity index (χ3v) is 4.68. The Balaban J connectivity index is 3.23. The van der Waals surface area contributed by atoms with E-state index in [1.165, 1.54) is 14.0 Å². The molecule has 0 aliphatic rings. The van der Waals surface area contributed by atoms with Crippen molar-refractivity contribution in [3.8, 4) is 0 Å². The Hall–Kier alpha value is -0.720. The fourth-order valence-electron chi connectivity index (χ4n) is 1.46. The molecule has 0 aliphatic carbocycles. The summed E-state index contributed by atoms with van der Waals surface area (Å²) in [7, 11) is -2.09.